The van der Waals surface area contributed by atoms with Crippen LogP contribution in [-0.4, -0.2) is 13.2 Å². The quantitative estimate of drug-likeness (QED) is 0.552. The Hall–Kier alpha value is -0.0400. The van der Waals surface area contributed by atoms with Gasteiger partial charge in [-0.2, -0.15) is 0 Å². The van der Waals surface area contributed by atoms with Gasteiger partial charge in [-0.05, 0) is 12.8 Å². The van der Waals surface area contributed by atoms with Crippen LogP contribution in [-0.2, 0) is 4.74 Å². The van der Waals surface area contributed by atoms with E-state index in [0.717, 1.165) is 13.2 Å². The van der Waals surface area contributed by atoms with Gasteiger partial charge in [0, 0.05) is 13.2 Å². The van der Waals surface area contributed by atoms with Crippen molar-refractivity contribution in [1.82, 2.24) is 0 Å². The van der Waals surface area contributed by atoms with Crippen LogP contribution in [0.2, 0.25) is 0 Å². The molecule has 0 heterocycles. The summed E-state index contributed by atoms with van der Waals surface area (Å²) in [5.41, 5.74) is 0. The van der Waals surface area contributed by atoms with Gasteiger partial charge in [0.1, 0.15) is 0 Å². The van der Waals surface area contributed by atoms with Crippen molar-refractivity contribution in [3.63, 3.8) is 0 Å². The molecule has 0 aromatic carbocycles. The van der Waals surface area contributed by atoms with Crippen molar-refractivity contribution in [3.8, 4) is 0 Å². The van der Waals surface area contributed by atoms with Crippen molar-refractivity contribution >= 4 is 0 Å². The van der Waals surface area contributed by atoms with Gasteiger partial charge in [0.2, 0.25) is 0 Å². The summed E-state index contributed by atoms with van der Waals surface area (Å²) < 4.78 is 5.09. The highest BCUT2D eigenvalue weighted by Gasteiger charge is 1.88. The molecule has 0 aliphatic heterocycles. The van der Waals surface area contributed by atoms with Crippen LogP contribution in [0.25, 0.3) is 0 Å². The predicted octanol–water partition coefficient (Wildman–Crippen LogP) is 2.32. The third kappa shape index (κ3) is 9.35. The molecule has 0 bridgehead atoms. The first-order valence-corrected chi connectivity index (χ1v) is 2.85. The van der Waals surface area contributed by atoms with Crippen molar-refractivity contribution in [3.05, 3.63) is 0 Å². The smallest absolute Gasteiger partial charge is 0.0488 e. The van der Waals surface area contributed by atoms with Gasteiger partial charge < -0.3 is 4.74 Å². The molecule has 0 saturated carbocycles. The van der Waals surface area contributed by atoms with E-state index < -0.39 is 0 Å². The Kier molecular flexibility index (Phi) is 9.44. The molecule has 0 aromatic rings. The Morgan fingerprint density at radius 3 is 2.00 bits per heavy atom. The maximum atomic E-state index is 5.09. The van der Waals surface area contributed by atoms with E-state index in [1.54, 1.807) is 0 Å². The molecule has 0 aromatic heterocycles. The average molecular weight is 118 g/mol. The summed E-state index contributed by atoms with van der Waals surface area (Å²) in [7, 11) is 0. The van der Waals surface area contributed by atoms with Crippen molar-refractivity contribution in [2.24, 2.45) is 5.92 Å². The molecule has 8 heavy (non-hydrogen) atoms. The zero-order valence-corrected chi connectivity index (χ0v) is 5.40. The summed E-state index contributed by atoms with van der Waals surface area (Å²) in [5, 5.41) is 0. The maximum Gasteiger partial charge on any atom is 0.0488 e. The maximum absolute atomic E-state index is 5.09. The zero-order chi connectivity index (χ0) is 5.70. The molecule has 0 atom stereocenters. The number of ether oxygens (including phenoxy) is 1. The summed E-state index contributed by atoms with van der Waals surface area (Å²) in [6, 6.07) is 0. The minimum absolute atomic E-state index is 0. The van der Waals surface area contributed by atoms with Crippen molar-refractivity contribution < 1.29 is 4.74 Å². The van der Waals surface area contributed by atoms with E-state index >= 15 is 0 Å². The molecule has 0 radical (unpaired) electrons. The van der Waals surface area contributed by atoms with Crippen molar-refractivity contribution in [2.45, 2.75) is 28.2 Å². The van der Waals surface area contributed by atoms with Crippen LogP contribution in [0.4, 0.5) is 0 Å². The van der Waals surface area contributed by atoms with E-state index in [1.807, 2.05) is 6.92 Å². The Bertz CT molecular complexity index is 33.4. The molecule has 0 fully saturated rings. The zero-order valence-electron chi connectivity index (χ0n) is 5.40. The Labute approximate surface area is 53.0 Å². The second-order valence-corrected chi connectivity index (χ2v) is 2.05. The lowest BCUT2D eigenvalue weighted by molar-refractivity contribution is 0.122. The minimum atomic E-state index is 0. The Morgan fingerprint density at radius 1 is 1.38 bits per heavy atom. The predicted molar refractivity (Wildman–Crippen MR) is 38.1 cm³/mol. The Balaban J connectivity index is 0. The number of hydrogen-bond donors (Lipinski definition) is 0. The monoisotopic (exact) mass is 118 g/mol. The topological polar surface area (TPSA) is 9.23 Å². The highest BCUT2D eigenvalue weighted by atomic mass is 16.5. The van der Waals surface area contributed by atoms with Gasteiger partial charge in [0.15, 0.2) is 0 Å². The molecule has 0 aliphatic carbocycles. The third-order valence-electron chi connectivity index (χ3n) is 0.655. The minimum Gasteiger partial charge on any atom is -0.381 e. The van der Waals surface area contributed by atoms with Gasteiger partial charge >= 0.3 is 0 Å². The summed E-state index contributed by atoms with van der Waals surface area (Å²) in [6.07, 6.45) is 0. The average Bonchev–Trinajstić information content (AvgIpc) is 1.61. The second-order valence-electron chi connectivity index (χ2n) is 2.05. The normalized spacial score (nSPS) is 9.00. The van der Waals surface area contributed by atoms with Crippen LogP contribution in [0, 0.1) is 5.92 Å². The van der Waals surface area contributed by atoms with Crippen LogP contribution in [0.3, 0.4) is 0 Å². The van der Waals surface area contributed by atoms with Crippen LogP contribution < -0.4 is 0 Å². The van der Waals surface area contributed by atoms with Gasteiger partial charge in [-0.1, -0.05) is 21.3 Å². The van der Waals surface area contributed by atoms with Crippen LogP contribution >= 0.6 is 0 Å². The molecule has 0 rings (SSSR count). The summed E-state index contributed by atoms with van der Waals surface area (Å²) in [5.74, 6) is 0.681. The first-order valence-electron chi connectivity index (χ1n) is 2.85. The first-order chi connectivity index (χ1) is 3.27. The third-order valence-corrected chi connectivity index (χ3v) is 0.655. The molecule has 52 valence electrons. The fourth-order valence-electron chi connectivity index (χ4n) is 0.354. The molecule has 0 spiro atoms. The second kappa shape index (κ2) is 6.96. The summed E-state index contributed by atoms with van der Waals surface area (Å²) in [4.78, 5) is 0. The summed E-state index contributed by atoms with van der Waals surface area (Å²) >= 11 is 0. The molecular weight excluding hydrogens is 100 g/mol. The standard InChI is InChI=1S/C6H14O.CH4/c1-4-7-5-6(2)3;/h6H,4-5H2,1-3H3;1H4. The molecule has 1 nitrogen and oxygen atoms in total. The molecule has 1 heteroatoms. The van der Waals surface area contributed by atoms with Crippen LogP contribution in [0.5, 0.6) is 0 Å². The van der Waals surface area contributed by atoms with Gasteiger partial charge in [-0.15, -0.1) is 0 Å². The van der Waals surface area contributed by atoms with E-state index in [9.17, 15) is 0 Å². The Morgan fingerprint density at radius 2 is 1.88 bits per heavy atom. The van der Waals surface area contributed by atoms with Gasteiger partial charge in [0.25, 0.3) is 0 Å². The lowest BCUT2D eigenvalue weighted by Gasteiger charge is -2.01. The lowest BCUT2D eigenvalue weighted by atomic mass is 10.2. The van der Waals surface area contributed by atoms with E-state index in [0.29, 0.717) is 5.92 Å². The fourth-order valence-corrected chi connectivity index (χ4v) is 0.354. The highest BCUT2D eigenvalue weighted by molar-refractivity contribution is 4.36. The van der Waals surface area contributed by atoms with E-state index in [1.165, 1.54) is 0 Å². The van der Waals surface area contributed by atoms with Crippen LogP contribution in [0.1, 0.15) is 28.2 Å². The number of rotatable bonds is 3. The molecule has 0 aliphatic rings. The van der Waals surface area contributed by atoms with Gasteiger partial charge in [-0.25, -0.2) is 0 Å². The largest absolute Gasteiger partial charge is 0.381 e. The van der Waals surface area contributed by atoms with E-state index in [2.05, 4.69) is 13.8 Å². The van der Waals surface area contributed by atoms with Crippen molar-refractivity contribution in [1.29, 1.82) is 0 Å². The molecule has 0 amide bonds. The highest BCUT2D eigenvalue weighted by Crippen LogP contribution is 1.90. The molecule has 0 saturated heterocycles. The molecular formula is C7H18O. The van der Waals surface area contributed by atoms with Gasteiger partial charge in [0.05, 0.1) is 0 Å². The van der Waals surface area contributed by atoms with Crippen molar-refractivity contribution in [2.75, 3.05) is 13.2 Å². The van der Waals surface area contributed by atoms with Gasteiger partial charge in [-0.3, -0.25) is 0 Å². The van der Waals surface area contributed by atoms with E-state index in [4.69, 9.17) is 4.74 Å². The van der Waals surface area contributed by atoms with Crippen LogP contribution in [0.15, 0.2) is 0 Å². The summed E-state index contributed by atoms with van der Waals surface area (Å²) in [6.45, 7) is 8.06. The SMILES string of the molecule is C.CCOCC(C)C. The lowest BCUT2D eigenvalue weighted by Crippen LogP contribution is -2.00. The molecule has 0 N–H and O–H groups in total. The molecule has 0 unspecified atom stereocenters. The fraction of sp³-hybridized carbons (Fsp3) is 1.00. The van der Waals surface area contributed by atoms with E-state index in [-0.39, 0.29) is 7.43 Å². The first kappa shape index (κ1) is 10.9. The number of hydrogen-bond acceptors (Lipinski definition) is 1.